The minimum atomic E-state index is -1.30. The smallest absolute Gasteiger partial charge is 0.108 e. The van der Waals surface area contributed by atoms with E-state index < -0.39 is 24.9 Å². The van der Waals surface area contributed by atoms with Gasteiger partial charge < -0.3 is 20.4 Å². The van der Waals surface area contributed by atoms with E-state index >= 15 is 0 Å². The van der Waals surface area contributed by atoms with Crippen molar-refractivity contribution in [2.24, 2.45) is 62.1 Å². The van der Waals surface area contributed by atoms with Crippen LogP contribution in [0.1, 0.15) is 132 Å². The van der Waals surface area contributed by atoms with E-state index in [0.717, 1.165) is 17.8 Å². The van der Waals surface area contributed by atoms with E-state index in [2.05, 4.69) is 55.4 Å². The molecule has 226 valence electrons. The summed E-state index contributed by atoms with van der Waals surface area (Å²) in [6.07, 6.45) is 11.8. The van der Waals surface area contributed by atoms with Gasteiger partial charge in [-0.1, -0.05) is 61.8 Å². The second-order valence-corrected chi connectivity index (χ2v) is 17.8. The zero-order chi connectivity index (χ0) is 28.8. The molecule has 39 heavy (non-hydrogen) atoms. The molecule has 5 aliphatic rings. The van der Waals surface area contributed by atoms with Gasteiger partial charge in [0, 0.05) is 0 Å². The van der Waals surface area contributed by atoms with Gasteiger partial charge in [0.15, 0.2) is 0 Å². The van der Waals surface area contributed by atoms with Crippen LogP contribution in [0.5, 0.6) is 0 Å². The van der Waals surface area contributed by atoms with Gasteiger partial charge in [-0.15, -0.1) is 0 Å². The van der Waals surface area contributed by atoms with Gasteiger partial charge in [0.1, 0.15) is 12.2 Å². The van der Waals surface area contributed by atoms with Crippen LogP contribution in [-0.2, 0) is 0 Å². The highest BCUT2D eigenvalue weighted by Gasteiger charge is 2.70. The number of hydrogen-bond donors (Lipinski definition) is 4. The molecule has 0 aromatic carbocycles. The molecule has 4 nitrogen and oxygen atoms in total. The summed E-state index contributed by atoms with van der Waals surface area (Å²) in [6, 6.07) is 0. The topological polar surface area (TPSA) is 80.9 Å². The fourth-order valence-electron chi connectivity index (χ4n) is 13.4. The van der Waals surface area contributed by atoms with Crippen molar-refractivity contribution in [1.29, 1.82) is 0 Å². The van der Waals surface area contributed by atoms with Gasteiger partial charge in [0.2, 0.25) is 0 Å². The number of fused-ring (bicyclic) bond motifs is 7. The highest BCUT2D eigenvalue weighted by Crippen LogP contribution is 2.78. The molecular weight excluding hydrogens is 484 g/mol. The Labute approximate surface area is 239 Å². The minimum absolute atomic E-state index is 0.133. The summed E-state index contributed by atoms with van der Waals surface area (Å²) in [6.45, 7) is 19.9. The lowest BCUT2D eigenvalue weighted by atomic mass is 9.32. The highest BCUT2D eigenvalue weighted by atomic mass is 16.4. The van der Waals surface area contributed by atoms with E-state index in [1.165, 1.54) is 70.6 Å². The lowest BCUT2D eigenvalue weighted by molar-refractivity contribution is -0.242. The van der Waals surface area contributed by atoms with Crippen molar-refractivity contribution in [2.45, 2.75) is 151 Å². The Morgan fingerprint density at radius 2 is 1.26 bits per heavy atom. The summed E-state index contributed by atoms with van der Waals surface area (Å²) in [4.78, 5) is 0. The first-order valence-corrected chi connectivity index (χ1v) is 16.6. The lowest BCUT2D eigenvalue weighted by Gasteiger charge is -2.73. The van der Waals surface area contributed by atoms with Gasteiger partial charge in [-0.2, -0.15) is 0 Å². The third-order valence-corrected chi connectivity index (χ3v) is 15.4. The van der Waals surface area contributed by atoms with Crippen LogP contribution in [0.4, 0.5) is 0 Å². The molecule has 0 amide bonds. The van der Waals surface area contributed by atoms with Crippen LogP contribution >= 0.6 is 0 Å². The Kier molecular flexibility index (Phi) is 7.52. The van der Waals surface area contributed by atoms with Crippen LogP contribution in [0, 0.1) is 62.1 Å². The van der Waals surface area contributed by atoms with Crippen molar-refractivity contribution < 1.29 is 20.4 Å². The summed E-state index contributed by atoms with van der Waals surface area (Å²) in [5, 5.41) is 40.4. The molecule has 5 saturated carbocycles. The van der Waals surface area contributed by atoms with Crippen molar-refractivity contribution in [3.63, 3.8) is 0 Å². The fraction of sp³-hybridized carbons (Fsp3) is 1.00. The predicted molar refractivity (Wildman–Crippen MR) is 158 cm³/mol. The van der Waals surface area contributed by atoms with E-state index in [1.807, 2.05) is 0 Å². The van der Waals surface area contributed by atoms with Crippen LogP contribution in [-0.4, -0.2) is 45.3 Å². The quantitative estimate of drug-likeness (QED) is 0.290. The Hall–Kier alpha value is -0.160. The summed E-state index contributed by atoms with van der Waals surface area (Å²) in [5.41, 5.74) is 1.96. The van der Waals surface area contributed by atoms with Crippen LogP contribution in [0.2, 0.25) is 0 Å². The molecule has 5 fully saturated rings. The van der Waals surface area contributed by atoms with E-state index in [1.54, 1.807) is 0 Å². The molecule has 0 aromatic rings. The van der Waals surface area contributed by atoms with E-state index in [-0.39, 0.29) is 5.41 Å². The molecule has 4 heteroatoms. The first-order valence-electron chi connectivity index (χ1n) is 16.6. The molecule has 0 bridgehead atoms. The van der Waals surface area contributed by atoms with E-state index in [4.69, 9.17) is 0 Å². The highest BCUT2D eigenvalue weighted by molar-refractivity contribution is 5.19. The average Bonchev–Trinajstić information content (AvgIpc) is 3.20. The summed E-state index contributed by atoms with van der Waals surface area (Å²) in [5.74, 6) is 3.63. The molecule has 0 spiro atoms. The van der Waals surface area contributed by atoms with Crippen molar-refractivity contribution in [3.8, 4) is 0 Å². The zero-order valence-electron chi connectivity index (χ0n) is 26.6. The number of hydrogen-bond acceptors (Lipinski definition) is 4. The van der Waals surface area contributed by atoms with Gasteiger partial charge in [-0.25, -0.2) is 0 Å². The molecule has 12 atom stereocenters. The minimum Gasteiger partial charge on any atom is -0.394 e. The summed E-state index contributed by atoms with van der Waals surface area (Å²) >= 11 is 0. The summed E-state index contributed by atoms with van der Waals surface area (Å²) in [7, 11) is 0. The third kappa shape index (κ3) is 4.26. The molecular formula is C35H62O4. The Morgan fingerprint density at radius 3 is 1.87 bits per heavy atom. The molecule has 5 aliphatic carbocycles. The normalized spacial score (nSPS) is 49.7. The first-order chi connectivity index (χ1) is 18.0. The number of rotatable bonds is 6. The van der Waals surface area contributed by atoms with E-state index in [0.29, 0.717) is 45.3 Å². The van der Waals surface area contributed by atoms with Crippen molar-refractivity contribution in [1.82, 2.24) is 0 Å². The fourth-order valence-corrected chi connectivity index (χ4v) is 13.4. The van der Waals surface area contributed by atoms with Gasteiger partial charge >= 0.3 is 0 Å². The van der Waals surface area contributed by atoms with Crippen molar-refractivity contribution in [2.75, 3.05) is 6.61 Å². The van der Waals surface area contributed by atoms with Gasteiger partial charge in [0.25, 0.3) is 0 Å². The standard InChI is InChI=1S/C35H62O4/c1-30(2)15-9-16-33(6)26(30)14-19-35(8)28(33)11-10-27-32(5)17-12-22(23(32)13-18-34(27,35)7)31(3,4)20-24(37)29(39)25(38)21-36/h22-29,36-39H,9-21H2,1-8H3/t22-,23+,24-,25+,26-,27-,28+,29-,32-,33-,34+,35+/m0/s1. The van der Waals surface area contributed by atoms with Crippen LogP contribution in [0.25, 0.3) is 0 Å². The molecule has 0 saturated heterocycles. The first kappa shape index (κ1) is 30.3. The zero-order valence-corrected chi connectivity index (χ0v) is 26.6. The molecule has 0 aromatic heterocycles. The Morgan fingerprint density at radius 1 is 0.667 bits per heavy atom. The molecule has 0 heterocycles. The maximum atomic E-state index is 10.8. The SMILES string of the molecule is CC(C)(C[C@H](O)[C@H](O)[C@H](O)CO)[C@H]1CC[C@@]2(C)[C@@H]1CC[C@]1(C)[C@H]2CC[C@@H]2[C@@]3(C)CCCC(C)(C)[C@@H]3CC[C@]21C. The van der Waals surface area contributed by atoms with Crippen LogP contribution < -0.4 is 0 Å². The maximum Gasteiger partial charge on any atom is 0.108 e. The molecule has 5 rings (SSSR count). The van der Waals surface area contributed by atoms with Gasteiger partial charge in [0.05, 0.1) is 12.7 Å². The maximum absolute atomic E-state index is 10.8. The van der Waals surface area contributed by atoms with Crippen molar-refractivity contribution in [3.05, 3.63) is 0 Å². The lowest BCUT2D eigenvalue weighted by Crippen LogP contribution is -2.66. The molecule has 4 N–H and O–H groups in total. The average molecular weight is 547 g/mol. The molecule has 0 unspecified atom stereocenters. The molecule has 0 radical (unpaired) electrons. The second-order valence-electron chi connectivity index (χ2n) is 17.8. The predicted octanol–water partition coefficient (Wildman–Crippen LogP) is 6.97. The Bertz CT molecular complexity index is 914. The second kappa shape index (κ2) is 9.68. The largest absolute Gasteiger partial charge is 0.394 e. The summed E-state index contributed by atoms with van der Waals surface area (Å²) < 4.78 is 0. The third-order valence-electron chi connectivity index (χ3n) is 15.4. The van der Waals surface area contributed by atoms with Gasteiger partial charge in [-0.3, -0.25) is 0 Å². The van der Waals surface area contributed by atoms with Crippen LogP contribution in [0.15, 0.2) is 0 Å². The van der Waals surface area contributed by atoms with E-state index in [9.17, 15) is 20.4 Å². The van der Waals surface area contributed by atoms with Crippen molar-refractivity contribution >= 4 is 0 Å². The van der Waals surface area contributed by atoms with Gasteiger partial charge in [-0.05, 0) is 133 Å². The number of aliphatic hydroxyl groups excluding tert-OH is 4. The number of aliphatic hydroxyl groups is 4. The Balaban J connectivity index is 1.39. The van der Waals surface area contributed by atoms with Crippen LogP contribution in [0.3, 0.4) is 0 Å². The monoisotopic (exact) mass is 546 g/mol. The molecule has 0 aliphatic heterocycles.